The van der Waals surface area contributed by atoms with Gasteiger partial charge in [-0.05, 0) is 24.3 Å². The molecule has 25 heavy (non-hydrogen) atoms. The Hall–Kier alpha value is -3.00. The Bertz CT molecular complexity index is 953. The molecule has 0 fully saturated rings. The Balaban J connectivity index is 1.49. The van der Waals surface area contributed by atoms with E-state index in [0.29, 0.717) is 27.7 Å². The largest absolute Gasteiger partial charge is 0.269 e. The van der Waals surface area contributed by atoms with E-state index in [4.69, 9.17) is 0 Å². The fourth-order valence-electron chi connectivity index (χ4n) is 2.56. The number of nitrogens with zero attached hydrogens (tertiary/aromatic N) is 3. The molecule has 2 amide bonds. The van der Waals surface area contributed by atoms with Crippen molar-refractivity contribution in [3.63, 3.8) is 0 Å². The van der Waals surface area contributed by atoms with E-state index in [1.807, 2.05) is 0 Å². The summed E-state index contributed by atoms with van der Waals surface area (Å²) in [4.78, 5) is 29.9. The van der Waals surface area contributed by atoms with Gasteiger partial charge in [-0.2, -0.15) is 0 Å². The lowest BCUT2D eigenvalue weighted by Crippen LogP contribution is -2.29. The van der Waals surface area contributed by atoms with Crippen LogP contribution in [0.25, 0.3) is 11.4 Å². The maximum atomic E-state index is 13.8. The monoisotopic (exact) mass is 354 g/mol. The Kier molecular flexibility index (Phi) is 3.81. The van der Waals surface area contributed by atoms with Gasteiger partial charge in [-0.25, -0.2) is 9.37 Å². The number of carbonyl (C=O) groups is 2. The molecule has 2 heterocycles. The zero-order valence-electron chi connectivity index (χ0n) is 12.8. The molecule has 0 atom stereocenters. The Morgan fingerprint density at radius 3 is 2.20 bits per heavy atom. The van der Waals surface area contributed by atoms with E-state index in [1.54, 1.807) is 42.5 Å². The third-order valence-corrected chi connectivity index (χ3v) is 4.62. The van der Waals surface area contributed by atoms with Gasteiger partial charge in [-0.15, -0.1) is 5.10 Å². The van der Waals surface area contributed by atoms with E-state index in [2.05, 4.69) is 15.2 Å². The summed E-state index contributed by atoms with van der Waals surface area (Å²) in [5.74, 6) is -0.699. The SMILES string of the molecule is O=C1c2ccccc2C(=O)N1CSc1n[nH]c(-c2ccccc2F)n1. The van der Waals surface area contributed by atoms with Crippen molar-refractivity contribution in [3.8, 4) is 11.4 Å². The summed E-state index contributed by atoms with van der Waals surface area (Å²) >= 11 is 1.13. The van der Waals surface area contributed by atoms with Gasteiger partial charge in [0.15, 0.2) is 5.82 Å². The molecule has 3 aromatic rings. The quantitative estimate of drug-likeness (QED) is 0.576. The minimum Gasteiger partial charge on any atom is -0.269 e. The number of thioether (sulfide) groups is 1. The molecule has 4 rings (SSSR count). The van der Waals surface area contributed by atoms with Crippen LogP contribution in [-0.4, -0.2) is 37.8 Å². The first-order valence-electron chi connectivity index (χ1n) is 7.40. The topological polar surface area (TPSA) is 79.0 Å². The van der Waals surface area contributed by atoms with Gasteiger partial charge in [0.25, 0.3) is 11.8 Å². The number of carbonyl (C=O) groups excluding carboxylic acids is 2. The first-order valence-corrected chi connectivity index (χ1v) is 8.39. The fraction of sp³-hybridized carbons (Fsp3) is 0.0588. The van der Waals surface area contributed by atoms with Crippen molar-refractivity contribution in [3.05, 3.63) is 65.5 Å². The molecular formula is C17H11FN4O2S. The average Bonchev–Trinajstić information content (AvgIpc) is 3.19. The van der Waals surface area contributed by atoms with Gasteiger partial charge in [-0.1, -0.05) is 36.0 Å². The molecule has 6 nitrogen and oxygen atoms in total. The second-order valence-electron chi connectivity index (χ2n) is 5.30. The second kappa shape index (κ2) is 6.14. The van der Waals surface area contributed by atoms with Gasteiger partial charge in [0.2, 0.25) is 5.16 Å². The zero-order valence-corrected chi connectivity index (χ0v) is 13.6. The van der Waals surface area contributed by atoms with Crippen LogP contribution in [0.4, 0.5) is 4.39 Å². The molecule has 0 aliphatic carbocycles. The van der Waals surface area contributed by atoms with Crippen LogP contribution in [0.15, 0.2) is 53.7 Å². The van der Waals surface area contributed by atoms with Crippen LogP contribution in [0.2, 0.25) is 0 Å². The summed E-state index contributed by atoms with van der Waals surface area (Å²) in [6.07, 6.45) is 0. The van der Waals surface area contributed by atoms with Gasteiger partial charge < -0.3 is 0 Å². The minimum absolute atomic E-state index is 0.0842. The molecule has 2 aromatic carbocycles. The van der Waals surface area contributed by atoms with E-state index in [-0.39, 0.29) is 17.7 Å². The number of aromatic amines is 1. The van der Waals surface area contributed by atoms with Crippen molar-refractivity contribution in [1.29, 1.82) is 0 Å². The van der Waals surface area contributed by atoms with Crippen molar-refractivity contribution in [1.82, 2.24) is 20.1 Å². The molecule has 0 unspecified atom stereocenters. The number of fused-ring (bicyclic) bond motifs is 1. The lowest BCUT2D eigenvalue weighted by molar-refractivity contribution is 0.0684. The Labute approximate surface area is 146 Å². The zero-order chi connectivity index (χ0) is 17.4. The Morgan fingerprint density at radius 2 is 1.56 bits per heavy atom. The Morgan fingerprint density at radius 1 is 0.960 bits per heavy atom. The standard InChI is InChI=1S/C17H11FN4O2S/c18-13-8-4-3-7-12(13)14-19-17(21-20-14)25-9-22-15(23)10-5-1-2-6-11(10)16(22)24/h1-8H,9H2,(H,19,20,21). The van der Waals surface area contributed by atoms with Crippen LogP contribution in [0, 0.1) is 5.82 Å². The van der Waals surface area contributed by atoms with E-state index >= 15 is 0 Å². The average molecular weight is 354 g/mol. The number of amides is 2. The van der Waals surface area contributed by atoms with Crippen LogP contribution in [0.5, 0.6) is 0 Å². The molecule has 8 heteroatoms. The van der Waals surface area contributed by atoms with Crippen molar-refractivity contribution in [2.24, 2.45) is 0 Å². The molecule has 0 saturated carbocycles. The first-order chi connectivity index (χ1) is 12.1. The number of halogens is 1. The van der Waals surface area contributed by atoms with Crippen molar-refractivity contribution < 1.29 is 14.0 Å². The molecule has 0 bridgehead atoms. The number of aromatic nitrogens is 3. The minimum atomic E-state index is -0.407. The number of hydrogen-bond acceptors (Lipinski definition) is 5. The van der Waals surface area contributed by atoms with E-state index in [0.717, 1.165) is 16.7 Å². The highest BCUT2D eigenvalue weighted by Gasteiger charge is 2.35. The van der Waals surface area contributed by atoms with Crippen LogP contribution in [-0.2, 0) is 0 Å². The van der Waals surface area contributed by atoms with Crippen molar-refractivity contribution in [2.45, 2.75) is 5.16 Å². The number of rotatable bonds is 4. The first kappa shape index (κ1) is 15.5. The highest BCUT2D eigenvalue weighted by atomic mass is 32.2. The van der Waals surface area contributed by atoms with Gasteiger partial charge in [0.05, 0.1) is 22.6 Å². The number of H-pyrrole nitrogens is 1. The van der Waals surface area contributed by atoms with E-state index in [9.17, 15) is 14.0 Å². The lowest BCUT2D eigenvalue weighted by Gasteiger charge is -2.11. The summed E-state index contributed by atoms with van der Waals surface area (Å²) in [6, 6.07) is 12.9. The fourth-order valence-corrected chi connectivity index (χ4v) is 3.31. The van der Waals surface area contributed by atoms with Gasteiger partial charge >= 0.3 is 0 Å². The molecule has 124 valence electrons. The third kappa shape index (κ3) is 2.70. The normalized spacial score (nSPS) is 13.4. The van der Waals surface area contributed by atoms with Crippen LogP contribution < -0.4 is 0 Å². The molecule has 0 saturated heterocycles. The van der Waals surface area contributed by atoms with Crippen LogP contribution in [0.3, 0.4) is 0 Å². The maximum absolute atomic E-state index is 13.8. The number of benzene rings is 2. The predicted octanol–water partition coefficient (Wildman–Crippen LogP) is 2.96. The summed E-state index contributed by atoms with van der Waals surface area (Å²) in [5.41, 5.74) is 1.10. The highest BCUT2D eigenvalue weighted by Crippen LogP contribution is 2.27. The molecule has 1 N–H and O–H groups in total. The molecule has 1 aliphatic heterocycles. The maximum Gasteiger partial charge on any atom is 0.262 e. The smallest absolute Gasteiger partial charge is 0.262 e. The molecule has 1 aliphatic rings. The summed E-state index contributed by atoms with van der Waals surface area (Å²) in [5, 5.41) is 7.00. The van der Waals surface area contributed by atoms with E-state index < -0.39 is 5.82 Å². The number of hydrogen-bond donors (Lipinski definition) is 1. The van der Waals surface area contributed by atoms with Crippen molar-refractivity contribution in [2.75, 3.05) is 5.88 Å². The van der Waals surface area contributed by atoms with Gasteiger partial charge in [-0.3, -0.25) is 19.6 Å². The van der Waals surface area contributed by atoms with Gasteiger partial charge in [0, 0.05) is 0 Å². The highest BCUT2D eigenvalue weighted by molar-refractivity contribution is 7.99. The molecule has 0 spiro atoms. The van der Waals surface area contributed by atoms with Crippen molar-refractivity contribution >= 4 is 23.6 Å². The summed E-state index contributed by atoms with van der Waals surface area (Å²) in [6.45, 7) is 0. The molecule has 1 aromatic heterocycles. The number of imide groups is 1. The van der Waals surface area contributed by atoms with Crippen LogP contribution >= 0.6 is 11.8 Å². The van der Waals surface area contributed by atoms with E-state index in [1.165, 1.54) is 6.07 Å². The molecule has 0 radical (unpaired) electrons. The van der Waals surface area contributed by atoms with Crippen LogP contribution in [0.1, 0.15) is 20.7 Å². The third-order valence-electron chi connectivity index (χ3n) is 3.79. The van der Waals surface area contributed by atoms with Gasteiger partial charge in [0.1, 0.15) is 5.82 Å². The second-order valence-corrected chi connectivity index (χ2v) is 6.22. The predicted molar refractivity (Wildman–Crippen MR) is 89.4 cm³/mol. The number of nitrogens with one attached hydrogen (secondary N) is 1. The summed E-state index contributed by atoms with van der Waals surface area (Å²) < 4.78 is 13.8. The lowest BCUT2D eigenvalue weighted by atomic mass is 10.1. The summed E-state index contributed by atoms with van der Waals surface area (Å²) in [7, 11) is 0. The molecular weight excluding hydrogens is 343 g/mol.